The molecule has 104 valence electrons. The second kappa shape index (κ2) is 6.91. The Bertz CT molecular complexity index is 576. The fraction of sp³-hybridized carbons (Fsp3) is 0.200. The number of halogens is 1. The van der Waals surface area contributed by atoms with E-state index in [4.69, 9.17) is 11.6 Å². The van der Waals surface area contributed by atoms with Gasteiger partial charge in [-0.1, -0.05) is 30.7 Å². The van der Waals surface area contributed by atoms with Crippen molar-refractivity contribution >= 4 is 23.6 Å². The topological polar surface area (TPSA) is 57.8 Å². The van der Waals surface area contributed by atoms with E-state index in [9.17, 15) is 4.79 Å². The van der Waals surface area contributed by atoms with Crippen molar-refractivity contribution < 1.29 is 4.79 Å². The van der Waals surface area contributed by atoms with E-state index in [-0.39, 0.29) is 11.9 Å². The van der Waals surface area contributed by atoms with Crippen LogP contribution in [-0.4, -0.2) is 15.9 Å². The smallest absolute Gasteiger partial charge is 0.244 e. The second-order valence-electron chi connectivity index (χ2n) is 4.33. The summed E-state index contributed by atoms with van der Waals surface area (Å²) in [7, 11) is 0. The van der Waals surface area contributed by atoms with Gasteiger partial charge in [0.25, 0.3) is 0 Å². The largest absolute Gasteiger partial charge is 0.347 e. The molecule has 1 heterocycles. The van der Waals surface area contributed by atoms with E-state index in [1.165, 1.54) is 6.08 Å². The average Bonchev–Trinajstić information content (AvgIpc) is 2.98. The van der Waals surface area contributed by atoms with E-state index in [0.717, 1.165) is 17.8 Å². The predicted molar refractivity (Wildman–Crippen MR) is 80.2 cm³/mol. The Balaban J connectivity index is 1.96. The maximum absolute atomic E-state index is 11.9. The number of hydrogen-bond donors (Lipinski definition) is 2. The molecule has 20 heavy (non-hydrogen) atoms. The van der Waals surface area contributed by atoms with Crippen molar-refractivity contribution in [1.82, 2.24) is 15.3 Å². The van der Waals surface area contributed by atoms with Crippen LogP contribution in [0.2, 0.25) is 5.02 Å². The van der Waals surface area contributed by atoms with Crippen LogP contribution in [0.5, 0.6) is 0 Å². The maximum Gasteiger partial charge on any atom is 0.244 e. The summed E-state index contributed by atoms with van der Waals surface area (Å²) in [6.07, 6.45) is 7.45. The molecule has 0 saturated carbocycles. The van der Waals surface area contributed by atoms with Crippen LogP contribution in [0.4, 0.5) is 0 Å². The van der Waals surface area contributed by atoms with Crippen LogP contribution in [0.3, 0.4) is 0 Å². The first-order chi connectivity index (χ1) is 9.69. The van der Waals surface area contributed by atoms with Crippen LogP contribution >= 0.6 is 11.6 Å². The van der Waals surface area contributed by atoms with E-state index >= 15 is 0 Å². The highest BCUT2D eigenvalue weighted by molar-refractivity contribution is 6.30. The van der Waals surface area contributed by atoms with Gasteiger partial charge in [0.1, 0.15) is 5.82 Å². The molecule has 0 fully saturated rings. The van der Waals surface area contributed by atoms with Crippen LogP contribution in [-0.2, 0) is 4.79 Å². The summed E-state index contributed by atoms with van der Waals surface area (Å²) in [5.74, 6) is 0.615. The van der Waals surface area contributed by atoms with E-state index in [1.807, 2.05) is 19.1 Å². The third-order valence-electron chi connectivity index (χ3n) is 2.87. The molecule has 1 unspecified atom stereocenters. The average molecular weight is 290 g/mol. The number of benzene rings is 1. The first-order valence-corrected chi connectivity index (χ1v) is 6.80. The zero-order chi connectivity index (χ0) is 14.4. The standard InChI is InChI=1S/C15H16ClN3O/c1-2-13(15-17-9-10-18-15)19-14(20)8-5-11-3-6-12(16)7-4-11/h3-10,13H,2H2,1H3,(H,17,18)(H,19,20)/b8-5+. The van der Waals surface area contributed by atoms with Crippen molar-refractivity contribution in [3.05, 3.63) is 59.1 Å². The molecule has 0 aliphatic rings. The minimum atomic E-state index is -0.150. The molecule has 4 nitrogen and oxygen atoms in total. The number of aromatic nitrogens is 2. The number of imidazole rings is 1. The summed E-state index contributed by atoms with van der Waals surface area (Å²) in [6, 6.07) is 7.19. The highest BCUT2D eigenvalue weighted by Gasteiger charge is 2.12. The van der Waals surface area contributed by atoms with Crippen molar-refractivity contribution in [2.24, 2.45) is 0 Å². The number of rotatable bonds is 5. The summed E-state index contributed by atoms with van der Waals surface area (Å²) in [4.78, 5) is 19.1. The molecule has 1 amide bonds. The minimum Gasteiger partial charge on any atom is -0.347 e. The molecule has 0 spiro atoms. The number of nitrogens with zero attached hydrogens (tertiary/aromatic N) is 1. The van der Waals surface area contributed by atoms with Crippen molar-refractivity contribution in [3.8, 4) is 0 Å². The maximum atomic E-state index is 11.9. The van der Waals surface area contributed by atoms with Gasteiger partial charge in [0.05, 0.1) is 6.04 Å². The molecule has 0 bridgehead atoms. The molecule has 1 aromatic heterocycles. The van der Waals surface area contributed by atoms with E-state index in [2.05, 4.69) is 15.3 Å². The third kappa shape index (κ3) is 3.96. The quantitative estimate of drug-likeness (QED) is 0.829. The lowest BCUT2D eigenvalue weighted by Crippen LogP contribution is -2.27. The Morgan fingerprint density at radius 3 is 2.80 bits per heavy atom. The summed E-state index contributed by atoms with van der Waals surface area (Å²) in [5.41, 5.74) is 0.926. The molecule has 2 rings (SSSR count). The monoisotopic (exact) mass is 289 g/mol. The number of aromatic amines is 1. The van der Waals surface area contributed by atoms with Gasteiger partial charge in [-0.25, -0.2) is 4.98 Å². The Kier molecular flexibility index (Phi) is 4.96. The Labute approximate surface area is 122 Å². The van der Waals surface area contributed by atoms with Gasteiger partial charge in [-0.3, -0.25) is 4.79 Å². The molecule has 1 aromatic carbocycles. The number of carbonyl (C=O) groups is 1. The van der Waals surface area contributed by atoms with Gasteiger partial charge in [-0.15, -0.1) is 0 Å². The van der Waals surface area contributed by atoms with Crippen molar-refractivity contribution in [2.45, 2.75) is 19.4 Å². The molecular weight excluding hydrogens is 274 g/mol. The van der Waals surface area contributed by atoms with Crippen LogP contribution in [0.15, 0.2) is 42.7 Å². The molecule has 2 aromatic rings. The SMILES string of the molecule is CCC(NC(=O)/C=C/c1ccc(Cl)cc1)c1ncc[nH]1. The molecule has 0 radical (unpaired) electrons. The third-order valence-corrected chi connectivity index (χ3v) is 3.12. The summed E-state index contributed by atoms with van der Waals surface area (Å²) >= 11 is 5.81. The van der Waals surface area contributed by atoms with E-state index in [0.29, 0.717) is 5.02 Å². The van der Waals surface area contributed by atoms with Crippen LogP contribution in [0.25, 0.3) is 6.08 Å². The molecule has 0 saturated heterocycles. The minimum absolute atomic E-state index is 0.104. The lowest BCUT2D eigenvalue weighted by atomic mass is 10.2. The zero-order valence-electron chi connectivity index (χ0n) is 11.1. The van der Waals surface area contributed by atoms with E-state index < -0.39 is 0 Å². The Morgan fingerprint density at radius 1 is 1.45 bits per heavy atom. The highest BCUT2D eigenvalue weighted by atomic mass is 35.5. The predicted octanol–water partition coefficient (Wildman–Crippen LogP) is 3.34. The molecule has 5 heteroatoms. The van der Waals surface area contributed by atoms with Crippen LogP contribution < -0.4 is 5.32 Å². The van der Waals surface area contributed by atoms with Crippen LogP contribution in [0.1, 0.15) is 30.8 Å². The fourth-order valence-corrected chi connectivity index (χ4v) is 1.92. The fourth-order valence-electron chi connectivity index (χ4n) is 1.80. The van der Waals surface area contributed by atoms with Gasteiger partial charge in [0.2, 0.25) is 5.91 Å². The summed E-state index contributed by atoms with van der Waals surface area (Å²) in [5, 5.41) is 3.58. The molecular formula is C15H16ClN3O. The first kappa shape index (κ1) is 14.3. The van der Waals surface area contributed by atoms with Crippen molar-refractivity contribution in [2.75, 3.05) is 0 Å². The molecule has 0 aliphatic carbocycles. The zero-order valence-corrected chi connectivity index (χ0v) is 11.9. The summed E-state index contributed by atoms with van der Waals surface area (Å²) < 4.78 is 0. The number of amides is 1. The highest BCUT2D eigenvalue weighted by Crippen LogP contribution is 2.12. The lowest BCUT2D eigenvalue weighted by Gasteiger charge is -2.12. The van der Waals surface area contributed by atoms with Gasteiger partial charge >= 0.3 is 0 Å². The van der Waals surface area contributed by atoms with Crippen molar-refractivity contribution in [1.29, 1.82) is 0 Å². The molecule has 0 aliphatic heterocycles. The Hall–Kier alpha value is -2.07. The van der Waals surface area contributed by atoms with Gasteiger partial charge in [-0.2, -0.15) is 0 Å². The number of hydrogen-bond acceptors (Lipinski definition) is 2. The first-order valence-electron chi connectivity index (χ1n) is 6.42. The summed E-state index contributed by atoms with van der Waals surface area (Å²) in [6.45, 7) is 2.00. The molecule has 2 N–H and O–H groups in total. The number of nitrogens with one attached hydrogen (secondary N) is 2. The number of H-pyrrole nitrogens is 1. The number of carbonyl (C=O) groups excluding carboxylic acids is 1. The van der Waals surface area contributed by atoms with Gasteiger partial charge in [0.15, 0.2) is 0 Å². The second-order valence-corrected chi connectivity index (χ2v) is 4.77. The van der Waals surface area contributed by atoms with E-state index in [1.54, 1.807) is 30.6 Å². The Morgan fingerprint density at radius 2 is 2.20 bits per heavy atom. The lowest BCUT2D eigenvalue weighted by molar-refractivity contribution is -0.117. The van der Waals surface area contributed by atoms with Crippen molar-refractivity contribution in [3.63, 3.8) is 0 Å². The van der Waals surface area contributed by atoms with Gasteiger partial charge in [-0.05, 0) is 30.2 Å². The normalized spacial score (nSPS) is 12.5. The van der Waals surface area contributed by atoms with Gasteiger partial charge in [0, 0.05) is 23.5 Å². The van der Waals surface area contributed by atoms with Gasteiger partial charge < -0.3 is 10.3 Å². The molecule has 1 atom stereocenters. The van der Waals surface area contributed by atoms with Crippen LogP contribution in [0, 0.1) is 0 Å².